The molecule has 3 aromatic rings. The summed E-state index contributed by atoms with van der Waals surface area (Å²) in [6.45, 7) is 5.74. The maximum atomic E-state index is 13.7. The molecule has 0 bridgehead atoms. The predicted octanol–water partition coefficient (Wildman–Crippen LogP) is 2.57. The zero-order valence-corrected chi connectivity index (χ0v) is 16.7. The lowest BCUT2D eigenvalue weighted by Crippen LogP contribution is -2.43. The Morgan fingerprint density at radius 1 is 1.10 bits per heavy atom. The van der Waals surface area contributed by atoms with E-state index in [1.165, 1.54) is 0 Å². The summed E-state index contributed by atoms with van der Waals surface area (Å²) >= 11 is 0. The molecule has 1 saturated heterocycles. The van der Waals surface area contributed by atoms with Gasteiger partial charge in [0.1, 0.15) is 11.6 Å². The van der Waals surface area contributed by atoms with Crippen molar-refractivity contribution in [2.45, 2.75) is 6.42 Å². The number of piperazine rings is 1. The number of hydrogen-bond donors (Lipinski definition) is 1. The lowest BCUT2D eigenvalue weighted by atomic mass is 10.3. The fraction of sp³-hybridized carbons (Fsp3) is 0.333. The molecule has 0 radical (unpaired) electrons. The summed E-state index contributed by atoms with van der Waals surface area (Å²) in [6.07, 6.45) is 0.467. The van der Waals surface area contributed by atoms with Crippen LogP contribution >= 0.6 is 0 Å². The third kappa shape index (κ3) is 5.47. The molecule has 4 rings (SSSR count). The van der Waals surface area contributed by atoms with E-state index in [1.54, 1.807) is 24.3 Å². The van der Waals surface area contributed by atoms with Gasteiger partial charge in [-0.3, -0.25) is 0 Å². The Kier molecular flexibility index (Phi) is 6.58. The molecule has 2 heterocycles. The van der Waals surface area contributed by atoms with E-state index in [4.69, 9.17) is 13.9 Å². The quantitative estimate of drug-likeness (QED) is 0.548. The molecule has 0 amide bonds. The molecule has 2 aromatic carbocycles. The van der Waals surface area contributed by atoms with Crippen LogP contribution in [0.5, 0.6) is 17.6 Å². The molecule has 1 aromatic heterocycles. The zero-order chi connectivity index (χ0) is 21.6. The summed E-state index contributed by atoms with van der Waals surface area (Å²) in [5, 5.41) is 7.22. The fourth-order valence-corrected chi connectivity index (χ4v) is 3.21. The smallest absolute Gasteiger partial charge is 0.444 e. The van der Waals surface area contributed by atoms with Gasteiger partial charge in [-0.1, -0.05) is 5.10 Å². The topological polar surface area (TPSA) is 81.8 Å². The number of benzene rings is 2. The van der Waals surface area contributed by atoms with Crippen LogP contribution in [0.2, 0.25) is 0 Å². The van der Waals surface area contributed by atoms with E-state index in [9.17, 15) is 13.6 Å². The van der Waals surface area contributed by atoms with Crippen molar-refractivity contribution in [1.29, 1.82) is 0 Å². The Bertz CT molecular complexity index is 1060. The molecule has 10 heteroatoms. The zero-order valence-electron chi connectivity index (χ0n) is 16.7. The third-order valence-electron chi connectivity index (χ3n) is 4.80. The lowest BCUT2D eigenvalue weighted by Gasteiger charge is -2.26. The second kappa shape index (κ2) is 9.71. The van der Waals surface area contributed by atoms with Crippen molar-refractivity contribution in [2.24, 2.45) is 0 Å². The Morgan fingerprint density at radius 3 is 2.61 bits per heavy atom. The SMILES string of the molecule is O=c1oc(Oc2ccc(F)cc2F)nn1-c1ccc(OCCCN2CCNCC2)cc1. The molecular weight excluding hydrogens is 410 g/mol. The minimum atomic E-state index is -0.935. The van der Waals surface area contributed by atoms with Gasteiger partial charge in [-0.15, -0.1) is 0 Å². The number of hydrogen-bond acceptors (Lipinski definition) is 7. The van der Waals surface area contributed by atoms with E-state index in [0.29, 0.717) is 24.1 Å². The van der Waals surface area contributed by atoms with Gasteiger partial charge < -0.3 is 24.1 Å². The monoisotopic (exact) mass is 432 g/mol. The van der Waals surface area contributed by atoms with Crippen LogP contribution in [0.15, 0.2) is 51.7 Å². The van der Waals surface area contributed by atoms with Crippen LogP contribution in [0.3, 0.4) is 0 Å². The van der Waals surface area contributed by atoms with E-state index in [-0.39, 0.29) is 5.75 Å². The van der Waals surface area contributed by atoms with Gasteiger partial charge in [-0.2, -0.15) is 4.68 Å². The van der Waals surface area contributed by atoms with Crippen molar-refractivity contribution in [2.75, 3.05) is 39.3 Å². The molecule has 0 atom stereocenters. The van der Waals surface area contributed by atoms with E-state index < -0.39 is 23.5 Å². The Balaban J connectivity index is 1.33. The molecule has 1 fully saturated rings. The Hall–Kier alpha value is -3.24. The van der Waals surface area contributed by atoms with Gasteiger partial charge in [0, 0.05) is 38.8 Å². The summed E-state index contributed by atoms with van der Waals surface area (Å²) < 4.78 is 43.4. The van der Waals surface area contributed by atoms with Crippen molar-refractivity contribution in [3.63, 3.8) is 0 Å². The van der Waals surface area contributed by atoms with E-state index in [1.807, 2.05) is 0 Å². The van der Waals surface area contributed by atoms with Gasteiger partial charge in [0.2, 0.25) is 0 Å². The normalized spacial score (nSPS) is 14.5. The number of nitrogens with zero attached hydrogens (tertiary/aromatic N) is 3. The van der Waals surface area contributed by atoms with Crippen LogP contribution in [0.4, 0.5) is 8.78 Å². The molecular formula is C21H22F2N4O4. The third-order valence-corrected chi connectivity index (χ3v) is 4.80. The van der Waals surface area contributed by atoms with Crippen LogP contribution in [0.25, 0.3) is 5.69 Å². The summed E-state index contributed by atoms with van der Waals surface area (Å²) in [5.41, 5.74) is 0.427. The van der Waals surface area contributed by atoms with Gasteiger partial charge >= 0.3 is 11.8 Å². The molecule has 0 spiro atoms. The molecule has 1 N–H and O–H groups in total. The van der Waals surface area contributed by atoms with E-state index in [2.05, 4.69) is 15.3 Å². The number of halogens is 2. The van der Waals surface area contributed by atoms with Gasteiger partial charge in [0.05, 0.1) is 12.3 Å². The highest BCUT2D eigenvalue weighted by atomic mass is 19.1. The van der Waals surface area contributed by atoms with Crippen LogP contribution in [-0.2, 0) is 0 Å². The van der Waals surface area contributed by atoms with Crippen LogP contribution < -0.4 is 20.5 Å². The van der Waals surface area contributed by atoms with Crippen molar-refractivity contribution >= 4 is 0 Å². The average molecular weight is 432 g/mol. The predicted molar refractivity (Wildman–Crippen MR) is 108 cm³/mol. The average Bonchev–Trinajstić information content (AvgIpc) is 3.14. The molecule has 0 saturated carbocycles. The first-order valence-corrected chi connectivity index (χ1v) is 9.98. The molecule has 8 nitrogen and oxygen atoms in total. The Morgan fingerprint density at radius 2 is 1.87 bits per heavy atom. The van der Waals surface area contributed by atoms with Crippen LogP contribution in [0.1, 0.15) is 6.42 Å². The standard InChI is InChI=1S/C21H22F2N4O4/c22-15-2-7-19(18(23)14-15)30-20-25-27(21(28)31-20)16-3-5-17(6-4-16)29-13-1-10-26-11-8-24-9-12-26/h2-7,14,24H,1,8-13H2. The summed E-state index contributed by atoms with van der Waals surface area (Å²) in [6, 6.07) is 9.51. The van der Waals surface area contributed by atoms with Crippen molar-refractivity contribution < 1.29 is 22.7 Å². The van der Waals surface area contributed by atoms with Crippen LogP contribution in [-0.4, -0.2) is 54.0 Å². The van der Waals surface area contributed by atoms with Crippen molar-refractivity contribution in [1.82, 2.24) is 20.0 Å². The molecule has 0 aliphatic carbocycles. The highest BCUT2D eigenvalue weighted by Gasteiger charge is 2.15. The summed E-state index contributed by atoms with van der Waals surface area (Å²) in [5.74, 6) is -2.12. The molecule has 164 valence electrons. The lowest BCUT2D eigenvalue weighted by molar-refractivity contribution is 0.214. The van der Waals surface area contributed by atoms with Gasteiger partial charge in [-0.05, 0) is 42.8 Å². The number of ether oxygens (including phenoxy) is 2. The van der Waals surface area contributed by atoms with E-state index in [0.717, 1.165) is 56.0 Å². The minimum Gasteiger partial charge on any atom is -0.494 e. The summed E-state index contributed by atoms with van der Waals surface area (Å²) in [4.78, 5) is 14.5. The van der Waals surface area contributed by atoms with Gasteiger partial charge in [0.25, 0.3) is 0 Å². The first-order valence-electron chi connectivity index (χ1n) is 9.98. The minimum absolute atomic E-state index is 0.306. The highest BCUT2D eigenvalue weighted by Crippen LogP contribution is 2.23. The van der Waals surface area contributed by atoms with E-state index >= 15 is 0 Å². The number of nitrogens with one attached hydrogen (secondary N) is 1. The molecule has 0 unspecified atom stereocenters. The van der Waals surface area contributed by atoms with Crippen molar-refractivity contribution in [3.8, 4) is 23.3 Å². The summed E-state index contributed by atoms with van der Waals surface area (Å²) in [7, 11) is 0. The Labute approximate surface area is 177 Å². The first kappa shape index (κ1) is 21.0. The largest absolute Gasteiger partial charge is 0.494 e. The fourth-order valence-electron chi connectivity index (χ4n) is 3.21. The molecule has 1 aliphatic heterocycles. The first-order chi connectivity index (χ1) is 15.1. The second-order valence-corrected chi connectivity index (χ2v) is 7.01. The van der Waals surface area contributed by atoms with Gasteiger partial charge in [-0.25, -0.2) is 13.6 Å². The molecule has 31 heavy (non-hydrogen) atoms. The van der Waals surface area contributed by atoms with Gasteiger partial charge in [0.15, 0.2) is 11.6 Å². The second-order valence-electron chi connectivity index (χ2n) is 7.01. The van der Waals surface area contributed by atoms with Crippen LogP contribution in [0, 0.1) is 11.6 Å². The maximum Gasteiger partial charge on any atom is 0.444 e. The number of aromatic nitrogens is 2. The maximum absolute atomic E-state index is 13.7. The van der Waals surface area contributed by atoms with Crippen molar-refractivity contribution in [3.05, 3.63) is 64.6 Å². The highest BCUT2D eigenvalue weighted by molar-refractivity contribution is 5.36. The molecule has 1 aliphatic rings. The number of rotatable bonds is 8.